The van der Waals surface area contributed by atoms with Crippen molar-refractivity contribution in [2.45, 2.75) is 18.6 Å². The molecule has 0 aromatic heterocycles. The van der Waals surface area contributed by atoms with E-state index in [9.17, 15) is 5.11 Å². The number of rotatable bonds is 19. The second kappa shape index (κ2) is 17.2. The second-order valence-electron chi connectivity index (χ2n) is 5.85. The molecule has 25 heavy (non-hydrogen) atoms. The third-order valence-corrected chi connectivity index (χ3v) is 4.27. The maximum atomic E-state index is 9.70. The van der Waals surface area contributed by atoms with E-state index >= 15 is 0 Å². The summed E-state index contributed by atoms with van der Waals surface area (Å²) in [6.07, 6.45) is -0.251. The van der Waals surface area contributed by atoms with Gasteiger partial charge in [0, 0.05) is 71.6 Å². The van der Waals surface area contributed by atoms with Crippen molar-refractivity contribution in [1.29, 1.82) is 0 Å². The zero-order valence-corrected chi connectivity index (χ0v) is 16.0. The van der Waals surface area contributed by atoms with Crippen LogP contribution in [0.4, 0.5) is 0 Å². The fraction of sp³-hybridized carbons (Fsp3) is 1.00. The predicted octanol–water partition coefficient (Wildman–Crippen LogP) is -4.01. The molecule has 0 fully saturated rings. The van der Waals surface area contributed by atoms with E-state index in [0.29, 0.717) is 19.5 Å². The molecule has 0 aromatic rings. The molecule has 0 saturated heterocycles. The Balaban J connectivity index is 3.18. The molecular formula is C14H37N5O5Si. The van der Waals surface area contributed by atoms with Gasteiger partial charge in [0.2, 0.25) is 0 Å². The van der Waals surface area contributed by atoms with E-state index in [2.05, 4.69) is 21.3 Å². The van der Waals surface area contributed by atoms with Crippen molar-refractivity contribution >= 4 is 8.80 Å². The molecular weight excluding hydrogens is 346 g/mol. The molecule has 0 saturated carbocycles. The molecule has 1 atom stereocenters. The van der Waals surface area contributed by atoms with Crippen molar-refractivity contribution in [3.05, 3.63) is 0 Å². The minimum atomic E-state index is -3.96. The summed E-state index contributed by atoms with van der Waals surface area (Å²) < 4.78 is 5.21. The number of hydrogen-bond donors (Lipinski definition) is 9. The summed E-state index contributed by atoms with van der Waals surface area (Å²) in [6, 6.07) is -0.0495. The number of ether oxygens (including phenoxy) is 1. The summed E-state index contributed by atoms with van der Waals surface area (Å²) in [4.78, 5) is 26.5. The molecule has 152 valence electrons. The molecule has 11 heteroatoms. The normalized spacial score (nSPS) is 13.3. The lowest BCUT2D eigenvalue weighted by Crippen LogP contribution is -2.38. The zero-order valence-electron chi connectivity index (χ0n) is 15.0. The number of aliphatic hydroxyl groups excluding tert-OH is 1. The molecule has 0 bridgehead atoms. The average molecular weight is 384 g/mol. The molecule has 10 nitrogen and oxygen atoms in total. The summed E-state index contributed by atoms with van der Waals surface area (Å²) in [7, 11) is -3.96. The minimum absolute atomic E-state index is 0.0495. The zero-order chi connectivity index (χ0) is 18.8. The van der Waals surface area contributed by atoms with Gasteiger partial charge in [-0.2, -0.15) is 0 Å². The number of hydrogen-bond acceptors (Lipinski definition) is 10. The quantitative estimate of drug-likeness (QED) is 0.0792. The van der Waals surface area contributed by atoms with Crippen LogP contribution in [0.25, 0.3) is 0 Å². The maximum Gasteiger partial charge on any atom is 0.492 e. The number of nitrogens with two attached hydrogens (primary N) is 1. The minimum Gasteiger partial charge on any atom is -0.390 e. The Labute approximate surface area is 151 Å². The first-order valence-corrected chi connectivity index (χ1v) is 11.0. The molecule has 0 heterocycles. The van der Waals surface area contributed by atoms with Crippen LogP contribution in [0.5, 0.6) is 0 Å². The Morgan fingerprint density at radius 3 is 1.88 bits per heavy atom. The summed E-state index contributed by atoms with van der Waals surface area (Å²) in [6.45, 7) is 7.60. The van der Waals surface area contributed by atoms with Crippen molar-refractivity contribution < 1.29 is 24.2 Å². The van der Waals surface area contributed by atoms with E-state index in [1.807, 2.05) is 0 Å². The van der Waals surface area contributed by atoms with Crippen LogP contribution in [0.15, 0.2) is 0 Å². The topological polar surface area (TPSA) is 164 Å². The lowest BCUT2D eigenvalue weighted by molar-refractivity contribution is 0.0364. The van der Waals surface area contributed by atoms with Gasteiger partial charge in [-0.25, -0.2) is 0 Å². The average Bonchev–Trinajstić information content (AvgIpc) is 2.54. The van der Waals surface area contributed by atoms with Crippen molar-refractivity contribution in [3.8, 4) is 0 Å². The smallest absolute Gasteiger partial charge is 0.390 e. The van der Waals surface area contributed by atoms with Crippen LogP contribution in [0.3, 0.4) is 0 Å². The molecule has 0 radical (unpaired) electrons. The van der Waals surface area contributed by atoms with Gasteiger partial charge in [0.25, 0.3) is 0 Å². The molecule has 10 N–H and O–H groups in total. The fourth-order valence-corrected chi connectivity index (χ4v) is 2.58. The SMILES string of the molecule is NCCNCCNCCNCCNCC(O)COCCC[Si](O)(O)O. The van der Waals surface area contributed by atoms with Gasteiger partial charge >= 0.3 is 8.80 Å². The van der Waals surface area contributed by atoms with Gasteiger partial charge in [0.15, 0.2) is 0 Å². The lowest BCUT2D eigenvalue weighted by atomic mass is 10.3. The van der Waals surface area contributed by atoms with Gasteiger partial charge in [-0.1, -0.05) is 0 Å². The van der Waals surface area contributed by atoms with Crippen LogP contribution >= 0.6 is 0 Å². The van der Waals surface area contributed by atoms with Gasteiger partial charge < -0.3 is 51.2 Å². The number of aliphatic hydroxyl groups is 1. The molecule has 0 aliphatic carbocycles. The molecule has 0 amide bonds. The highest BCUT2D eigenvalue weighted by Crippen LogP contribution is 2.01. The molecule has 0 aromatic carbocycles. The maximum absolute atomic E-state index is 9.70. The van der Waals surface area contributed by atoms with Crippen molar-refractivity contribution in [2.75, 3.05) is 72.1 Å². The van der Waals surface area contributed by atoms with Gasteiger partial charge in [0.1, 0.15) is 0 Å². The van der Waals surface area contributed by atoms with Crippen LogP contribution in [0, 0.1) is 0 Å². The monoisotopic (exact) mass is 383 g/mol. The van der Waals surface area contributed by atoms with Crippen LogP contribution in [0.1, 0.15) is 6.42 Å². The lowest BCUT2D eigenvalue weighted by Gasteiger charge is -2.13. The Kier molecular flexibility index (Phi) is 17.1. The summed E-state index contributed by atoms with van der Waals surface area (Å²) >= 11 is 0. The number of nitrogens with one attached hydrogen (secondary N) is 4. The predicted molar refractivity (Wildman–Crippen MR) is 99.2 cm³/mol. The molecule has 0 spiro atoms. The highest BCUT2D eigenvalue weighted by atomic mass is 28.4. The van der Waals surface area contributed by atoms with Crippen LogP contribution < -0.4 is 27.0 Å². The van der Waals surface area contributed by atoms with Crippen LogP contribution in [0.2, 0.25) is 6.04 Å². The van der Waals surface area contributed by atoms with Crippen LogP contribution in [-0.2, 0) is 4.74 Å². The van der Waals surface area contributed by atoms with Gasteiger partial charge in [-0.15, -0.1) is 0 Å². The molecule has 0 aliphatic rings. The van der Waals surface area contributed by atoms with Gasteiger partial charge in [-0.05, 0) is 6.42 Å². The Bertz CT molecular complexity index is 287. The van der Waals surface area contributed by atoms with E-state index in [-0.39, 0.29) is 19.3 Å². The molecule has 1 unspecified atom stereocenters. The fourth-order valence-electron chi connectivity index (χ4n) is 1.97. The third kappa shape index (κ3) is 21.8. The van der Waals surface area contributed by atoms with E-state index in [1.165, 1.54) is 0 Å². The second-order valence-corrected chi connectivity index (χ2v) is 7.90. The molecule has 0 rings (SSSR count). The Hall–Kier alpha value is -0.183. The van der Waals surface area contributed by atoms with Crippen molar-refractivity contribution in [1.82, 2.24) is 21.3 Å². The Morgan fingerprint density at radius 1 is 0.840 bits per heavy atom. The van der Waals surface area contributed by atoms with Gasteiger partial charge in [0.05, 0.1) is 12.7 Å². The standard InChI is InChI=1S/C14H37N5O5Si/c15-2-3-16-4-5-17-6-7-18-8-9-19-12-14(20)13-24-10-1-11-25(21,22)23/h14,16-23H,1-13,15H2. The summed E-state index contributed by atoms with van der Waals surface area (Å²) in [5.41, 5.74) is 5.37. The first-order valence-electron chi connectivity index (χ1n) is 8.91. The highest BCUT2D eigenvalue weighted by molar-refractivity contribution is 6.56. The first kappa shape index (κ1) is 24.8. The van der Waals surface area contributed by atoms with Crippen molar-refractivity contribution in [2.24, 2.45) is 5.73 Å². The van der Waals surface area contributed by atoms with E-state index < -0.39 is 14.9 Å². The largest absolute Gasteiger partial charge is 0.492 e. The van der Waals surface area contributed by atoms with E-state index in [1.54, 1.807) is 0 Å². The van der Waals surface area contributed by atoms with E-state index in [4.69, 9.17) is 24.9 Å². The summed E-state index contributed by atoms with van der Waals surface area (Å²) in [5, 5.41) is 22.6. The Morgan fingerprint density at radius 2 is 1.36 bits per heavy atom. The highest BCUT2D eigenvalue weighted by Gasteiger charge is 2.25. The first-order chi connectivity index (χ1) is 12.0. The van der Waals surface area contributed by atoms with Crippen LogP contribution in [-0.4, -0.2) is 107 Å². The summed E-state index contributed by atoms with van der Waals surface area (Å²) in [5.74, 6) is 0. The third-order valence-electron chi connectivity index (χ3n) is 3.25. The van der Waals surface area contributed by atoms with Crippen molar-refractivity contribution in [3.63, 3.8) is 0 Å². The molecule has 0 aliphatic heterocycles. The van der Waals surface area contributed by atoms with E-state index in [0.717, 1.165) is 45.8 Å². The van der Waals surface area contributed by atoms with Gasteiger partial charge in [-0.3, -0.25) is 0 Å².